The van der Waals surface area contributed by atoms with Crippen LogP contribution in [0.5, 0.6) is 0 Å². The summed E-state index contributed by atoms with van der Waals surface area (Å²) in [6.45, 7) is 3.93. The highest BCUT2D eigenvalue weighted by molar-refractivity contribution is 5.78. The quantitative estimate of drug-likeness (QED) is 0.785. The van der Waals surface area contributed by atoms with Crippen molar-refractivity contribution < 1.29 is 4.79 Å². The van der Waals surface area contributed by atoms with Crippen molar-refractivity contribution in [2.24, 2.45) is 5.73 Å². The second-order valence-electron chi connectivity index (χ2n) is 7.32. The molecule has 1 heterocycles. The van der Waals surface area contributed by atoms with Crippen LogP contribution in [0.2, 0.25) is 0 Å². The number of amides is 1. The van der Waals surface area contributed by atoms with Crippen molar-refractivity contribution in [3.63, 3.8) is 0 Å². The van der Waals surface area contributed by atoms with Gasteiger partial charge in [-0.15, -0.1) is 0 Å². The first-order valence-electron chi connectivity index (χ1n) is 8.31. The first kappa shape index (κ1) is 16.7. The average Bonchev–Trinajstić information content (AvgIpc) is 2.39. The first-order chi connectivity index (χ1) is 9.89. The van der Waals surface area contributed by atoms with E-state index in [1.807, 2.05) is 0 Å². The highest BCUT2D eigenvalue weighted by atomic mass is 16.2. The van der Waals surface area contributed by atoms with Gasteiger partial charge in [-0.25, -0.2) is 0 Å². The molecule has 1 aliphatic heterocycles. The summed E-state index contributed by atoms with van der Waals surface area (Å²) in [6, 6.07) is 0.400. The van der Waals surface area contributed by atoms with E-state index in [0.717, 1.165) is 51.9 Å². The standard InChI is InChI=1S/C16H32N4O/c1-18(2)11-12-20(14-5-9-19(3)10-6-14)15(21)13-16(17)7-4-8-16/h14H,4-13,17H2,1-3H3. The molecule has 1 saturated carbocycles. The van der Waals surface area contributed by atoms with Gasteiger partial charge in [0.05, 0.1) is 0 Å². The number of likely N-dealkylation sites (N-methyl/N-ethyl adjacent to an activating group) is 1. The maximum Gasteiger partial charge on any atom is 0.224 e. The first-order valence-corrected chi connectivity index (χ1v) is 8.31. The second kappa shape index (κ2) is 7.07. The Bertz CT molecular complexity index is 346. The Labute approximate surface area is 129 Å². The van der Waals surface area contributed by atoms with Gasteiger partial charge in [-0.2, -0.15) is 0 Å². The molecule has 5 heteroatoms. The summed E-state index contributed by atoms with van der Waals surface area (Å²) in [5.41, 5.74) is 6.07. The van der Waals surface area contributed by atoms with Crippen molar-refractivity contribution in [1.29, 1.82) is 0 Å². The Morgan fingerprint density at radius 1 is 1.24 bits per heavy atom. The van der Waals surface area contributed by atoms with Gasteiger partial charge < -0.3 is 20.4 Å². The maximum absolute atomic E-state index is 12.8. The molecule has 122 valence electrons. The highest BCUT2D eigenvalue weighted by Crippen LogP contribution is 2.33. The number of carbonyl (C=O) groups is 1. The van der Waals surface area contributed by atoms with Crippen LogP contribution in [0.1, 0.15) is 38.5 Å². The summed E-state index contributed by atoms with van der Waals surface area (Å²) in [4.78, 5) is 19.4. The smallest absolute Gasteiger partial charge is 0.224 e. The van der Waals surface area contributed by atoms with Crippen LogP contribution in [0, 0.1) is 0 Å². The molecule has 0 aromatic rings. The van der Waals surface area contributed by atoms with E-state index in [2.05, 4.69) is 35.8 Å². The van der Waals surface area contributed by atoms with Crippen LogP contribution in [0.3, 0.4) is 0 Å². The number of rotatable bonds is 6. The number of likely N-dealkylation sites (tertiary alicyclic amines) is 1. The SMILES string of the molecule is CN(C)CCN(C(=O)CC1(N)CCC1)C1CCN(C)CC1. The predicted octanol–water partition coefficient (Wildman–Crippen LogP) is 0.742. The summed E-state index contributed by atoms with van der Waals surface area (Å²) >= 11 is 0. The van der Waals surface area contributed by atoms with Crippen LogP contribution in [-0.4, -0.2) is 79.5 Å². The number of piperidine rings is 1. The molecule has 5 nitrogen and oxygen atoms in total. The Balaban J connectivity index is 1.95. The second-order valence-corrected chi connectivity index (χ2v) is 7.32. The van der Waals surface area contributed by atoms with Gasteiger partial charge in [0.2, 0.25) is 5.91 Å². The summed E-state index contributed by atoms with van der Waals surface area (Å²) in [7, 11) is 6.28. The number of hydrogen-bond acceptors (Lipinski definition) is 4. The third-order valence-electron chi connectivity index (χ3n) is 5.09. The summed E-state index contributed by atoms with van der Waals surface area (Å²) in [6.07, 6.45) is 5.91. The predicted molar refractivity (Wildman–Crippen MR) is 86.2 cm³/mol. The molecule has 2 aliphatic rings. The lowest BCUT2D eigenvalue weighted by atomic mass is 9.75. The topological polar surface area (TPSA) is 52.8 Å². The third kappa shape index (κ3) is 4.66. The van der Waals surface area contributed by atoms with Gasteiger partial charge in [-0.1, -0.05) is 0 Å². The lowest BCUT2D eigenvalue weighted by molar-refractivity contribution is -0.136. The monoisotopic (exact) mass is 296 g/mol. The van der Waals surface area contributed by atoms with Crippen molar-refractivity contribution in [3.8, 4) is 0 Å². The summed E-state index contributed by atoms with van der Waals surface area (Å²) in [5, 5.41) is 0. The molecule has 0 radical (unpaired) electrons. The van der Waals surface area contributed by atoms with Gasteiger partial charge in [-0.05, 0) is 66.3 Å². The molecule has 0 atom stereocenters. The lowest BCUT2D eigenvalue weighted by Gasteiger charge is -2.42. The van der Waals surface area contributed by atoms with E-state index in [1.165, 1.54) is 6.42 Å². The van der Waals surface area contributed by atoms with E-state index < -0.39 is 0 Å². The van der Waals surface area contributed by atoms with Crippen molar-refractivity contribution in [2.45, 2.75) is 50.1 Å². The van der Waals surface area contributed by atoms with E-state index in [1.54, 1.807) is 0 Å². The molecule has 1 aliphatic carbocycles. The Hall–Kier alpha value is -0.650. The zero-order chi connectivity index (χ0) is 15.5. The van der Waals surface area contributed by atoms with Gasteiger partial charge >= 0.3 is 0 Å². The van der Waals surface area contributed by atoms with Crippen LogP contribution in [-0.2, 0) is 4.79 Å². The van der Waals surface area contributed by atoms with Gasteiger partial charge in [0.1, 0.15) is 0 Å². The molecule has 0 bridgehead atoms. The van der Waals surface area contributed by atoms with Crippen LogP contribution in [0.4, 0.5) is 0 Å². The summed E-state index contributed by atoms with van der Waals surface area (Å²) in [5.74, 6) is 0.272. The molecule has 2 fully saturated rings. The van der Waals surface area contributed by atoms with Gasteiger partial charge in [-0.3, -0.25) is 4.79 Å². The normalized spacial score (nSPS) is 23.1. The van der Waals surface area contributed by atoms with Crippen LogP contribution in [0.25, 0.3) is 0 Å². The van der Waals surface area contributed by atoms with E-state index in [0.29, 0.717) is 12.5 Å². The molecule has 0 aromatic carbocycles. The zero-order valence-electron chi connectivity index (χ0n) is 14.0. The molecule has 21 heavy (non-hydrogen) atoms. The van der Waals surface area contributed by atoms with Gasteiger partial charge in [0, 0.05) is 31.1 Å². The molecule has 2 rings (SSSR count). The highest BCUT2D eigenvalue weighted by Gasteiger charge is 2.37. The summed E-state index contributed by atoms with van der Waals surface area (Å²) < 4.78 is 0. The Morgan fingerprint density at radius 3 is 2.33 bits per heavy atom. The number of nitrogens with zero attached hydrogens (tertiary/aromatic N) is 3. The molecule has 0 unspecified atom stereocenters. The molecule has 1 amide bonds. The minimum absolute atomic E-state index is 0.209. The van der Waals surface area contributed by atoms with Crippen LogP contribution >= 0.6 is 0 Å². The van der Waals surface area contributed by atoms with Gasteiger partial charge in [0.15, 0.2) is 0 Å². The number of hydrogen-bond donors (Lipinski definition) is 1. The fourth-order valence-corrected chi connectivity index (χ4v) is 3.34. The van der Waals surface area contributed by atoms with Crippen molar-refractivity contribution >= 4 is 5.91 Å². The average molecular weight is 296 g/mol. The van der Waals surface area contributed by atoms with E-state index >= 15 is 0 Å². The minimum atomic E-state index is -0.209. The molecule has 1 saturated heterocycles. The molecule has 2 N–H and O–H groups in total. The zero-order valence-corrected chi connectivity index (χ0v) is 14.0. The van der Waals surface area contributed by atoms with Crippen molar-refractivity contribution in [1.82, 2.24) is 14.7 Å². The third-order valence-corrected chi connectivity index (χ3v) is 5.09. The molecular formula is C16H32N4O. The van der Waals surface area contributed by atoms with E-state index in [-0.39, 0.29) is 11.4 Å². The minimum Gasteiger partial charge on any atom is -0.338 e. The maximum atomic E-state index is 12.8. The Kier molecular flexibility index (Phi) is 5.63. The molecule has 0 spiro atoms. The Morgan fingerprint density at radius 2 is 1.86 bits per heavy atom. The number of carbonyl (C=O) groups excluding carboxylic acids is 1. The number of nitrogens with two attached hydrogens (primary N) is 1. The van der Waals surface area contributed by atoms with Gasteiger partial charge in [0.25, 0.3) is 0 Å². The largest absolute Gasteiger partial charge is 0.338 e. The van der Waals surface area contributed by atoms with Crippen LogP contribution in [0.15, 0.2) is 0 Å². The van der Waals surface area contributed by atoms with Crippen LogP contribution < -0.4 is 5.73 Å². The molecular weight excluding hydrogens is 264 g/mol. The van der Waals surface area contributed by atoms with Crippen molar-refractivity contribution in [3.05, 3.63) is 0 Å². The fraction of sp³-hybridized carbons (Fsp3) is 0.938. The fourth-order valence-electron chi connectivity index (χ4n) is 3.34. The lowest BCUT2D eigenvalue weighted by Crippen LogP contribution is -2.54. The van der Waals surface area contributed by atoms with Crippen molar-refractivity contribution in [2.75, 3.05) is 47.3 Å². The molecule has 0 aromatic heterocycles. The van der Waals surface area contributed by atoms with E-state index in [4.69, 9.17) is 5.73 Å². The van der Waals surface area contributed by atoms with E-state index in [9.17, 15) is 4.79 Å².